The third kappa shape index (κ3) is 11.4. The molecule has 0 radical (unpaired) electrons. The highest BCUT2D eigenvalue weighted by atomic mass is 32.1. The molecule has 31 heavy (non-hydrogen) atoms. The molecule has 176 valence electrons. The fourth-order valence-electron chi connectivity index (χ4n) is 2.15. The van der Waals surface area contributed by atoms with E-state index in [1.165, 1.54) is 0 Å². The average molecular weight is 483 g/mol. The van der Waals surface area contributed by atoms with E-state index in [2.05, 4.69) is 41.2 Å². The fourth-order valence-corrected chi connectivity index (χ4v) is 2.65. The molecule has 0 heterocycles. The van der Waals surface area contributed by atoms with Crippen LogP contribution in [-0.4, -0.2) is 86.6 Å². The molecule has 3 amide bonds. The second-order valence-electron chi connectivity index (χ2n) is 6.36. The molecule has 4 atom stereocenters. The van der Waals surface area contributed by atoms with Gasteiger partial charge in [0, 0.05) is 24.3 Å². The van der Waals surface area contributed by atoms with Crippen molar-refractivity contribution in [2.45, 2.75) is 49.9 Å². The minimum Gasteiger partial charge on any atom is -0.481 e. The van der Waals surface area contributed by atoms with Crippen LogP contribution < -0.4 is 21.7 Å². The molecule has 0 saturated heterocycles. The van der Waals surface area contributed by atoms with Crippen LogP contribution in [0.3, 0.4) is 0 Å². The molecule has 0 fully saturated rings. The van der Waals surface area contributed by atoms with Gasteiger partial charge >= 0.3 is 17.9 Å². The monoisotopic (exact) mass is 482 g/mol. The Morgan fingerprint density at radius 1 is 0.677 bits per heavy atom. The Balaban J connectivity index is 5.21. The number of rotatable bonds is 15. The zero-order chi connectivity index (χ0) is 24.1. The number of carboxylic acids is 3. The van der Waals surface area contributed by atoms with Gasteiger partial charge in [-0.15, -0.1) is 0 Å². The first-order chi connectivity index (χ1) is 14.4. The Morgan fingerprint density at radius 3 is 1.55 bits per heavy atom. The molecule has 0 saturated carbocycles. The van der Waals surface area contributed by atoms with Gasteiger partial charge in [0.05, 0.1) is 6.04 Å². The van der Waals surface area contributed by atoms with Crippen molar-refractivity contribution in [1.29, 1.82) is 0 Å². The summed E-state index contributed by atoms with van der Waals surface area (Å²) < 4.78 is 0. The number of nitrogens with one attached hydrogen (secondary N) is 3. The van der Waals surface area contributed by atoms with Crippen LogP contribution in [0, 0.1) is 0 Å². The van der Waals surface area contributed by atoms with Crippen molar-refractivity contribution in [1.82, 2.24) is 16.0 Å². The van der Waals surface area contributed by atoms with Crippen molar-refractivity contribution in [2.24, 2.45) is 5.73 Å². The number of carbonyl (C=O) groups is 6. The maximum atomic E-state index is 12.5. The third-order valence-corrected chi connectivity index (χ3v) is 4.63. The van der Waals surface area contributed by atoms with E-state index >= 15 is 0 Å². The molecule has 4 unspecified atom stereocenters. The molecule has 13 nitrogen and oxygen atoms in total. The molecule has 0 aromatic carbocycles. The summed E-state index contributed by atoms with van der Waals surface area (Å²) in [6, 6.07) is -5.26. The summed E-state index contributed by atoms with van der Waals surface area (Å²) >= 11 is 7.75. The standard InChI is InChI=1S/C16H26N4O9S2/c17-7(1-3-11(21)22)13(25)18-8(2-4-12(23)24)14(26)19-9(5-30)15(27)20-10(6-31)16(28)29/h7-10,30-31H,1-6,17H2,(H,18,25)(H,19,26)(H,20,27)(H,21,22)(H,23,24)(H,28,29). The van der Waals surface area contributed by atoms with Crippen LogP contribution in [0.1, 0.15) is 25.7 Å². The molecule has 0 aliphatic heterocycles. The Kier molecular flexibility index (Phi) is 13.3. The van der Waals surface area contributed by atoms with Crippen LogP contribution in [-0.2, 0) is 28.8 Å². The predicted molar refractivity (Wildman–Crippen MR) is 113 cm³/mol. The maximum Gasteiger partial charge on any atom is 0.327 e. The van der Waals surface area contributed by atoms with Crippen molar-refractivity contribution >= 4 is 60.9 Å². The van der Waals surface area contributed by atoms with E-state index in [9.17, 15) is 28.8 Å². The first-order valence-corrected chi connectivity index (χ1v) is 10.2. The lowest BCUT2D eigenvalue weighted by atomic mass is 10.1. The molecule has 15 heteroatoms. The molecular formula is C16H26N4O9S2. The Morgan fingerprint density at radius 2 is 1.10 bits per heavy atom. The van der Waals surface area contributed by atoms with Gasteiger partial charge in [-0.25, -0.2) is 4.79 Å². The number of nitrogens with two attached hydrogens (primary N) is 1. The molecule has 0 spiro atoms. The van der Waals surface area contributed by atoms with E-state index in [0.717, 1.165) is 0 Å². The van der Waals surface area contributed by atoms with Gasteiger partial charge in [0.1, 0.15) is 18.1 Å². The lowest BCUT2D eigenvalue weighted by Crippen LogP contribution is -2.58. The van der Waals surface area contributed by atoms with Crippen LogP contribution >= 0.6 is 25.3 Å². The van der Waals surface area contributed by atoms with E-state index in [-0.39, 0.29) is 24.3 Å². The molecule has 0 aliphatic rings. The lowest BCUT2D eigenvalue weighted by molar-refractivity contribution is -0.141. The summed E-state index contributed by atoms with van der Waals surface area (Å²) in [6.07, 6.45) is -1.44. The highest BCUT2D eigenvalue weighted by molar-refractivity contribution is 7.80. The maximum absolute atomic E-state index is 12.5. The summed E-state index contributed by atoms with van der Waals surface area (Å²) in [6.45, 7) is 0. The number of thiol groups is 2. The summed E-state index contributed by atoms with van der Waals surface area (Å²) in [5.74, 6) is -6.86. The van der Waals surface area contributed by atoms with Gasteiger partial charge in [-0.2, -0.15) is 25.3 Å². The van der Waals surface area contributed by atoms with Crippen LogP contribution in [0.15, 0.2) is 0 Å². The van der Waals surface area contributed by atoms with Gasteiger partial charge in [-0.1, -0.05) is 0 Å². The normalized spacial score (nSPS) is 14.4. The molecule has 0 aromatic rings. The zero-order valence-electron chi connectivity index (χ0n) is 16.3. The van der Waals surface area contributed by atoms with E-state index in [1.54, 1.807) is 0 Å². The Hall–Kier alpha value is -2.52. The summed E-state index contributed by atoms with van der Waals surface area (Å²) in [5.41, 5.74) is 5.58. The van der Waals surface area contributed by atoms with Gasteiger partial charge < -0.3 is 37.0 Å². The number of hydrogen-bond acceptors (Lipinski definition) is 9. The van der Waals surface area contributed by atoms with Gasteiger partial charge in [0.25, 0.3) is 0 Å². The predicted octanol–water partition coefficient (Wildman–Crippen LogP) is -2.56. The summed E-state index contributed by atoms with van der Waals surface area (Å²) in [4.78, 5) is 69.4. The molecule has 0 rings (SSSR count). The highest BCUT2D eigenvalue weighted by Gasteiger charge is 2.29. The summed E-state index contributed by atoms with van der Waals surface area (Å²) in [7, 11) is 0. The van der Waals surface area contributed by atoms with Crippen LogP contribution in [0.4, 0.5) is 0 Å². The van der Waals surface area contributed by atoms with Crippen molar-refractivity contribution in [3.8, 4) is 0 Å². The topological polar surface area (TPSA) is 225 Å². The first-order valence-electron chi connectivity index (χ1n) is 8.97. The quantitative estimate of drug-likeness (QED) is 0.111. The first kappa shape index (κ1) is 28.5. The van der Waals surface area contributed by atoms with Crippen molar-refractivity contribution in [2.75, 3.05) is 11.5 Å². The minimum atomic E-state index is -1.39. The Labute approximate surface area is 188 Å². The summed E-state index contributed by atoms with van der Waals surface area (Å²) in [5, 5.41) is 33.1. The number of carbonyl (C=O) groups excluding carboxylic acids is 3. The minimum absolute atomic E-state index is 0.208. The highest BCUT2D eigenvalue weighted by Crippen LogP contribution is 2.03. The molecule has 0 bridgehead atoms. The number of aliphatic carboxylic acids is 3. The van der Waals surface area contributed by atoms with Crippen LogP contribution in [0.2, 0.25) is 0 Å². The number of hydrogen-bond donors (Lipinski definition) is 9. The molecule has 0 aromatic heterocycles. The number of carboxylic acid groups (broad SMARTS) is 3. The zero-order valence-corrected chi connectivity index (χ0v) is 18.1. The van der Waals surface area contributed by atoms with Crippen molar-refractivity contribution in [3.63, 3.8) is 0 Å². The largest absolute Gasteiger partial charge is 0.481 e. The second kappa shape index (κ2) is 14.5. The third-order valence-electron chi connectivity index (χ3n) is 3.90. The lowest BCUT2D eigenvalue weighted by Gasteiger charge is -2.24. The van der Waals surface area contributed by atoms with Gasteiger partial charge in [0.15, 0.2) is 0 Å². The van der Waals surface area contributed by atoms with E-state index in [4.69, 9.17) is 21.1 Å². The van der Waals surface area contributed by atoms with Gasteiger partial charge in [-0.05, 0) is 12.8 Å². The molecule has 8 N–H and O–H groups in total. The molecular weight excluding hydrogens is 456 g/mol. The smallest absolute Gasteiger partial charge is 0.327 e. The van der Waals surface area contributed by atoms with E-state index in [1.807, 2.05) is 0 Å². The van der Waals surface area contributed by atoms with Crippen LogP contribution in [0.25, 0.3) is 0 Å². The Bertz CT molecular complexity index is 692. The number of amides is 3. The molecule has 0 aliphatic carbocycles. The fraction of sp³-hybridized carbons (Fsp3) is 0.625. The van der Waals surface area contributed by atoms with Gasteiger partial charge in [0.2, 0.25) is 17.7 Å². The van der Waals surface area contributed by atoms with Crippen molar-refractivity contribution in [3.05, 3.63) is 0 Å². The second-order valence-corrected chi connectivity index (χ2v) is 7.09. The van der Waals surface area contributed by atoms with Crippen molar-refractivity contribution < 1.29 is 44.1 Å². The van der Waals surface area contributed by atoms with E-state index in [0.29, 0.717) is 0 Å². The van der Waals surface area contributed by atoms with E-state index < -0.39 is 72.6 Å². The SMILES string of the molecule is NC(CCC(=O)O)C(=O)NC(CCC(=O)O)C(=O)NC(CS)C(=O)NC(CS)C(=O)O. The van der Waals surface area contributed by atoms with Crippen LogP contribution in [0.5, 0.6) is 0 Å². The average Bonchev–Trinajstić information content (AvgIpc) is 2.70. The van der Waals surface area contributed by atoms with Gasteiger partial charge in [-0.3, -0.25) is 24.0 Å².